The maximum Gasteiger partial charge on any atom is 0.305 e. The smallest absolute Gasteiger partial charge is 0.305 e. The minimum atomic E-state index is -0.466. The summed E-state index contributed by atoms with van der Waals surface area (Å²) in [6.45, 7) is 13.1. The van der Waals surface area contributed by atoms with Crippen LogP contribution in [0.25, 0.3) is 0 Å². The van der Waals surface area contributed by atoms with Gasteiger partial charge in [0.05, 0.1) is 12.5 Å². The van der Waals surface area contributed by atoms with Crippen molar-refractivity contribution in [1.29, 1.82) is 0 Å². The molecular weight excluding hydrogens is 412 g/mol. The second-order valence-corrected chi connectivity index (χ2v) is 12.2. The Hall–Kier alpha value is -2.10. The predicted octanol–water partition coefficient (Wildman–Crippen LogP) is 6.63. The Morgan fingerprint density at radius 1 is 1.18 bits per heavy atom. The molecule has 4 nitrogen and oxygen atoms in total. The summed E-state index contributed by atoms with van der Waals surface area (Å²) < 4.78 is 11.7. The quantitative estimate of drug-likeness (QED) is 0.383. The first-order valence-electron chi connectivity index (χ1n) is 12.7. The Kier molecular flexibility index (Phi) is 4.95. The minimum Gasteiger partial charge on any atom is -0.472 e. The summed E-state index contributed by atoms with van der Waals surface area (Å²) in [5.74, 6) is 0.888. The molecule has 2 fully saturated rings. The third kappa shape index (κ3) is 2.88. The Labute approximate surface area is 197 Å². The van der Waals surface area contributed by atoms with Gasteiger partial charge in [0.15, 0.2) is 5.78 Å². The number of fused-ring (bicyclic) bond motifs is 5. The number of hydrogen-bond donors (Lipinski definition) is 0. The van der Waals surface area contributed by atoms with E-state index in [0.717, 1.165) is 25.7 Å². The van der Waals surface area contributed by atoms with Crippen molar-refractivity contribution in [1.82, 2.24) is 0 Å². The fraction of sp³-hybridized carbons (Fsp3) is 0.655. The van der Waals surface area contributed by atoms with E-state index in [1.54, 1.807) is 6.26 Å². The maximum atomic E-state index is 12.9. The first-order chi connectivity index (χ1) is 15.5. The lowest BCUT2D eigenvalue weighted by atomic mass is 9.38. The lowest BCUT2D eigenvalue weighted by Crippen LogP contribution is -2.64. The molecule has 7 atom stereocenters. The van der Waals surface area contributed by atoms with Gasteiger partial charge >= 0.3 is 5.97 Å². The SMILES string of the molecule is CCC(=O)O[C@@H]1CC2C(C)(C)C(=O)C=C[C@]2(C)C2CC[C@]3(C)C(=CC[C@H]3c3ccoc3)[C@@]21C. The number of ketones is 1. The Balaban J connectivity index is 1.64. The number of carbonyl (C=O) groups excluding carboxylic acids is 2. The molecule has 4 heteroatoms. The predicted molar refractivity (Wildman–Crippen MR) is 127 cm³/mol. The molecule has 4 aliphatic carbocycles. The molecule has 0 saturated heterocycles. The fourth-order valence-electron chi connectivity index (χ4n) is 8.64. The van der Waals surface area contributed by atoms with Crippen molar-refractivity contribution in [2.45, 2.75) is 85.7 Å². The van der Waals surface area contributed by atoms with Gasteiger partial charge in [0.25, 0.3) is 0 Å². The Bertz CT molecular complexity index is 1030. The fourth-order valence-corrected chi connectivity index (χ4v) is 8.64. The van der Waals surface area contributed by atoms with Crippen LogP contribution in [0.4, 0.5) is 0 Å². The standard InChI is InChI=1S/C29H38O4/c1-7-25(31)33-24-16-22-26(2,3)23(30)11-14-28(22,5)21-10-13-27(4)19(18-12-15-32-17-18)8-9-20(27)29(21,24)6/h9,11-12,14-15,17,19,21-22,24H,7-8,10,13,16H2,1-6H3/t19-,21?,22?,24+,27-,28+,29-/m0/s1. The van der Waals surface area contributed by atoms with Gasteiger partial charge in [0.2, 0.25) is 0 Å². The average Bonchev–Trinajstić information content (AvgIpc) is 3.40. The molecule has 0 amide bonds. The second kappa shape index (κ2) is 7.20. The molecule has 1 aromatic heterocycles. The topological polar surface area (TPSA) is 56.5 Å². The van der Waals surface area contributed by atoms with Gasteiger partial charge in [-0.2, -0.15) is 0 Å². The summed E-state index contributed by atoms with van der Waals surface area (Å²) in [5, 5.41) is 0. The van der Waals surface area contributed by atoms with Crippen molar-refractivity contribution in [3.63, 3.8) is 0 Å². The van der Waals surface area contributed by atoms with Crippen LogP contribution in [0.5, 0.6) is 0 Å². The van der Waals surface area contributed by atoms with Gasteiger partial charge < -0.3 is 9.15 Å². The first kappa shape index (κ1) is 22.7. The Morgan fingerprint density at radius 3 is 2.61 bits per heavy atom. The minimum absolute atomic E-state index is 0.0128. The molecular formula is C29H38O4. The monoisotopic (exact) mass is 450 g/mol. The van der Waals surface area contributed by atoms with Crippen LogP contribution in [0.2, 0.25) is 0 Å². The zero-order chi connectivity index (χ0) is 23.8. The van der Waals surface area contributed by atoms with Crippen LogP contribution >= 0.6 is 0 Å². The zero-order valence-electron chi connectivity index (χ0n) is 20.9. The number of carbonyl (C=O) groups is 2. The van der Waals surface area contributed by atoms with Gasteiger partial charge in [-0.15, -0.1) is 0 Å². The van der Waals surface area contributed by atoms with Gasteiger partial charge in [-0.25, -0.2) is 0 Å². The zero-order valence-corrected chi connectivity index (χ0v) is 20.9. The van der Waals surface area contributed by atoms with Crippen molar-refractivity contribution in [2.24, 2.45) is 33.5 Å². The van der Waals surface area contributed by atoms with Crippen molar-refractivity contribution in [2.75, 3.05) is 0 Å². The first-order valence-corrected chi connectivity index (χ1v) is 12.7. The van der Waals surface area contributed by atoms with Gasteiger partial charge in [-0.1, -0.05) is 59.3 Å². The lowest BCUT2D eigenvalue weighted by Gasteiger charge is -2.66. The molecule has 0 radical (unpaired) electrons. The van der Waals surface area contributed by atoms with Crippen LogP contribution in [0.1, 0.15) is 85.1 Å². The van der Waals surface area contributed by atoms with Gasteiger partial charge in [-0.3, -0.25) is 9.59 Å². The Morgan fingerprint density at radius 2 is 1.94 bits per heavy atom. The van der Waals surface area contributed by atoms with E-state index in [1.807, 2.05) is 19.3 Å². The summed E-state index contributed by atoms with van der Waals surface area (Å²) in [6, 6.07) is 2.10. The third-order valence-electron chi connectivity index (χ3n) is 10.4. The highest BCUT2D eigenvalue weighted by Crippen LogP contribution is 2.72. The summed E-state index contributed by atoms with van der Waals surface area (Å²) in [7, 11) is 0. The van der Waals surface area contributed by atoms with E-state index < -0.39 is 5.41 Å². The maximum absolute atomic E-state index is 12.9. The van der Waals surface area contributed by atoms with Gasteiger partial charge in [0.1, 0.15) is 6.10 Å². The molecule has 0 spiro atoms. The number of hydrogen-bond acceptors (Lipinski definition) is 4. The van der Waals surface area contributed by atoms with Crippen molar-refractivity contribution in [3.8, 4) is 0 Å². The molecule has 1 heterocycles. The second-order valence-electron chi connectivity index (χ2n) is 12.2. The molecule has 178 valence electrons. The number of esters is 1. The van der Waals surface area contributed by atoms with Crippen LogP contribution in [-0.2, 0) is 14.3 Å². The molecule has 0 aromatic carbocycles. The van der Waals surface area contributed by atoms with Gasteiger partial charge in [0, 0.05) is 17.3 Å². The largest absolute Gasteiger partial charge is 0.472 e. The average molecular weight is 451 g/mol. The molecule has 0 N–H and O–H groups in total. The highest BCUT2D eigenvalue weighted by molar-refractivity contribution is 5.95. The van der Waals surface area contributed by atoms with E-state index in [1.165, 1.54) is 11.1 Å². The molecule has 4 aliphatic rings. The number of allylic oxidation sites excluding steroid dienone is 3. The van der Waals surface area contributed by atoms with E-state index in [-0.39, 0.29) is 40.0 Å². The van der Waals surface area contributed by atoms with Crippen molar-refractivity contribution >= 4 is 11.8 Å². The van der Waals surface area contributed by atoms with Gasteiger partial charge in [-0.05, 0) is 72.0 Å². The van der Waals surface area contributed by atoms with E-state index in [4.69, 9.17) is 9.15 Å². The highest BCUT2D eigenvalue weighted by atomic mass is 16.5. The van der Waals surface area contributed by atoms with Crippen LogP contribution in [0, 0.1) is 33.5 Å². The van der Waals surface area contributed by atoms with Crippen LogP contribution in [-0.4, -0.2) is 17.9 Å². The summed E-state index contributed by atoms with van der Waals surface area (Å²) in [4.78, 5) is 25.6. The summed E-state index contributed by atoms with van der Waals surface area (Å²) in [6.07, 6.45) is 14.2. The molecule has 5 rings (SSSR count). The lowest BCUT2D eigenvalue weighted by molar-refractivity contribution is -0.188. The number of ether oxygens (including phenoxy) is 1. The van der Waals surface area contributed by atoms with Crippen LogP contribution < -0.4 is 0 Å². The normalized spacial score (nSPS) is 43.3. The van der Waals surface area contributed by atoms with Crippen molar-refractivity contribution in [3.05, 3.63) is 48.0 Å². The van der Waals surface area contributed by atoms with E-state index in [0.29, 0.717) is 18.3 Å². The number of rotatable bonds is 3. The van der Waals surface area contributed by atoms with Crippen LogP contribution in [0.3, 0.4) is 0 Å². The highest BCUT2D eigenvalue weighted by Gasteiger charge is 2.68. The molecule has 2 unspecified atom stereocenters. The molecule has 0 bridgehead atoms. The molecule has 1 aromatic rings. The molecule has 0 aliphatic heterocycles. The van der Waals surface area contributed by atoms with E-state index in [9.17, 15) is 9.59 Å². The van der Waals surface area contributed by atoms with Crippen molar-refractivity contribution < 1.29 is 18.7 Å². The molecule has 33 heavy (non-hydrogen) atoms. The van der Waals surface area contributed by atoms with E-state index >= 15 is 0 Å². The summed E-state index contributed by atoms with van der Waals surface area (Å²) in [5.41, 5.74) is 1.89. The van der Waals surface area contributed by atoms with E-state index in [2.05, 4.69) is 52.8 Å². The third-order valence-corrected chi connectivity index (χ3v) is 10.4. The summed E-state index contributed by atoms with van der Waals surface area (Å²) >= 11 is 0. The molecule has 2 saturated carbocycles. The number of furan rings is 1. The van der Waals surface area contributed by atoms with Crippen LogP contribution in [0.15, 0.2) is 46.8 Å².